The second-order valence-electron chi connectivity index (χ2n) is 7.26. The number of imidazole rings is 1. The van der Waals surface area contributed by atoms with Gasteiger partial charge in [-0.2, -0.15) is 0 Å². The van der Waals surface area contributed by atoms with E-state index in [0.29, 0.717) is 16.7 Å². The number of hydrogen-bond donors (Lipinski definition) is 4. The third kappa shape index (κ3) is 2.51. The number of nitrogen functional groups attached to an aromatic ring is 1. The van der Waals surface area contributed by atoms with Crippen LogP contribution in [0.25, 0.3) is 11.2 Å². The van der Waals surface area contributed by atoms with Gasteiger partial charge in [0.25, 0.3) is 0 Å². The van der Waals surface area contributed by atoms with Gasteiger partial charge in [-0.25, -0.2) is 15.0 Å². The van der Waals surface area contributed by atoms with Gasteiger partial charge >= 0.3 is 0 Å². The minimum atomic E-state index is -1.54. The van der Waals surface area contributed by atoms with E-state index in [0.717, 1.165) is 5.56 Å². The molecule has 2 aromatic heterocycles. The molecule has 9 heteroatoms. The van der Waals surface area contributed by atoms with Crippen molar-refractivity contribution in [1.29, 1.82) is 0 Å². The molecule has 3 heterocycles. The second kappa shape index (κ2) is 6.78. The molecule has 1 saturated heterocycles. The molecule has 3 aromatic rings. The number of aromatic nitrogens is 4. The Morgan fingerprint density at radius 2 is 1.96 bits per heavy atom. The zero-order chi connectivity index (χ0) is 20.1. The summed E-state index contributed by atoms with van der Waals surface area (Å²) in [5.74, 6) is 0.312. The van der Waals surface area contributed by atoms with E-state index in [9.17, 15) is 15.3 Å². The Bertz CT molecular complexity index is 1010. The smallest absolute Gasteiger partial charge is 0.203 e. The molecule has 1 aliphatic heterocycles. The van der Waals surface area contributed by atoms with Crippen molar-refractivity contribution in [2.24, 2.45) is 0 Å². The van der Waals surface area contributed by atoms with Crippen molar-refractivity contribution in [2.75, 3.05) is 12.3 Å². The number of nitrogens with two attached hydrogens (primary N) is 1. The van der Waals surface area contributed by atoms with Crippen LogP contribution in [0, 0.1) is 0 Å². The van der Waals surface area contributed by atoms with Crippen molar-refractivity contribution in [1.82, 2.24) is 19.5 Å². The fourth-order valence-electron chi connectivity index (χ4n) is 3.92. The molecular weight excluding hydrogens is 362 g/mol. The first-order chi connectivity index (χ1) is 13.4. The van der Waals surface area contributed by atoms with Crippen molar-refractivity contribution < 1.29 is 20.1 Å². The molecule has 9 nitrogen and oxygen atoms in total. The first-order valence-electron chi connectivity index (χ1n) is 9.10. The second-order valence-corrected chi connectivity index (χ2v) is 7.26. The minimum Gasteiger partial charge on any atom is -0.394 e. The Balaban J connectivity index is 2.05. The number of ether oxygens (including phenoxy) is 1. The summed E-state index contributed by atoms with van der Waals surface area (Å²) in [6.45, 7) is 3.60. The number of anilines is 1. The SMILES string of the molecule is CC(C)c1ccccc1[C@@]1(n2cnc3c(N)ncnc32)O[C@H](CO)[C@@H](O)[C@H]1O. The summed E-state index contributed by atoms with van der Waals surface area (Å²) < 4.78 is 7.72. The molecule has 4 rings (SSSR count). The largest absolute Gasteiger partial charge is 0.394 e. The molecule has 0 radical (unpaired) electrons. The lowest BCUT2D eigenvalue weighted by atomic mass is 9.86. The Morgan fingerprint density at radius 3 is 2.64 bits per heavy atom. The van der Waals surface area contributed by atoms with Crippen LogP contribution >= 0.6 is 0 Å². The number of benzene rings is 1. The van der Waals surface area contributed by atoms with Crippen LogP contribution in [0.5, 0.6) is 0 Å². The number of hydrogen-bond acceptors (Lipinski definition) is 8. The summed E-state index contributed by atoms with van der Waals surface area (Å²) in [6.07, 6.45) is -0.895. The van der Waals surface area contributed by atoms with E-state index in [1.165, 1.54) is 12.7 Å². The predicted molar refractivity (Wildman–Crippen MR) is 101 cm³/mol. The van der Waals surface area contributed by atoms with E-state index in [1.807, 2.05) is 38.1 Å². The van der Waals surface area contributed by atoms with E-state index >= 15 is 0 Å². The Kier molecular flexibility index (Phi) is 4.54. The number of nitrogens with zero attached hydrogens (tertiary/aromatic N) is 4. The highest BCUT2D eigenvalue weighted by atomic mass is 16.6. The topological polar surface area (TPSA) is 140 Å². The van der Waals surface area contributed by atoms with Gasteiger partial charge in [0.1, 0.15) is 30.2 Å². The van der Waals surface area contributed by atoms with Gasteiger partial charge in [0, 0.05) is 5.56 Å². The fraction of sp³-hybridized carbons (Fsp3) is 0.421. The zero-order valence-electron chi connectivity index (χ0n) is 15.6. The molecule has 0 bridgehead atoms. The van der Waals surface area contributed by atoms with Crippen molar-refractivity contribution >= 4 is 17.0 Å². The summed E-state index contributed by atoms with van der Waals surface area (Å²) in [7, 11) is 0. The van der Waals surface area contributed by atoms with Gasteiger partial charge in [0.05, 0.1) is 12.9 Å². The van der Waals surface area contributed by atoms with E-state index in [2.05, 4.69) is 15.0 Å². The first kappa shape index (κ1) is 18.8. The molecular formula is C19H23N5O4. The molecule has 0 spiro atoms. The third-order valence-corrected chi connectivity index (χ3v) is 5.30. The van der Waals surface area contributed by atoms with Crippen LogP contribution in [-0.2, 0) is 10.5 Å². The fourth-order valence-corrected chi connectivity index (χ4v) is 3.92. The molecule has 0 saturated carbocycles. The number of aliphatic hydroxyl groups excluding tert-OH is 3. The maximum Gasteiger partial charge on any atom is 0.203 e. The molecule has 1 fully saturated rings. The van der Waals surface area contributed by atoms with Gasteiger partial charge in [-0.15, -0.1) is 0 Å². The van der Waals surface area contributed by atoms with Gasteiger partial charge in [-0.05, 0) is 11.5 Å². The van der Waals surface area contributed by atoms with Crippen molar-refractivity contribution in [3.05, 3.63) is 48.0 Å². The van der Waals surface area contributed by atoms with Gasteiger partial charge in [-0.1, -0.05) is 38.1 Å². The maximum atomic E-state index is 11.2. The lowest BCUT2D eigenvalue weighted by Gasteiger charge is -2.36. The van der Waals surface area contributed by atoms with Crippen LogP contribution in [-0.4, -0.2) is 59.8 Å². The van der Waals surface area contributed by atoms with Gasteiger partial charge < -0.3 is 25.8 Å². The van der Waals surface area contributed by atoms with E-state index in [-0.39, 0.29) is 11.7 Å². The number of aliphatic hydroxyl groups is 3. The minimum absolute atomic E-state index is 0.115. The van der Waals surface area contributed by atoms with Crippen molar-refractivity contribution in [3.63, 3.8) is 0 Å². The van der Waals surface area contributed by atoms with Crippen LogP contribution in [0.4, 0.5) is 5.82 Å². The molecule has 28 heavy (non-hydrogen) atoms. The molecule has 1 aromatic carbocycles. The normalized spacial score (nSPS) is 27.7. The molecule has 0 unspecified atom stereocenters. The van der Waals surface area contributed by atoms with Crippen molar-refractivity contribution in [3.8, 4) is 0 Å². The highest BCUT2D eigenvalue weighted by molar-refractivity contribution is 5.81. The van der Waals surface area contributed by atoms with Gasteiger partial charge in [-0.3, -0.25) is 4.57 Å². The van der Waals surface area contributed by atoms with Crippen LogP contribution < -0.4 is 5.73 Å². The van der Waals surface area contributed by atoms with Crippen LogP contribution in [0.15, 0.2) is 36.9 Å². The lowest BCUT2D eigenvalue weighted by molar-refractivity contribution is -0.116. The zero-order valence-corrected chi connectivity index (χ0v) is 15.6. The average molecular weight is 385 g/mol. The highest BCUT2D eigenvalue weighted by Crippen LogP contribution is 2.45. The van der Waals surface area contributed by atoms with Crippen molar-refractivity contribution in [2.45, 2.75) is 43.8 Å². The maximum absolute atomic E-state index is 11.2. The molecule has 1 aliphatic rings. The van der Waals surface area contributed by atoms with E-state index < -0.39 is 30.6 Å². The monoisotopic (exact) mass is 385 g/mol. The van der Waals surface area contributed by atoms with Crippen LogP contribution in [0.2, 0.25) is 0 Å². The summed E-state index contributed by atoms with van der Waals surface area (Å²) in [5, 5.41) is 31.4. The summed E-state index contributed by atoms with van der Waals surface area (Å²) in [5.41, 5.74) is 6.69. The van der Waals surface area contributed by atoms with E-state index in [4.69, 9.17) is 10.5 Å². The Morgan fingerprint density at radius 1 is 1.21 bits per heavy atom. The molecule has 5 N–H and O–H groups in total. The van der Waals surface area contributed by atoms with Gasteiger partial charge in [0.2, 0.25) is 5.72 Å². The molecule has 4 atom stereocenters. The average Bonchev–Trinajstić information content (AvgIpc) is 3.24. The summed E-state index contributed by atoms with van der Waals surface area (Å²) in [6, 6.07) is 7.51. The third-order valence-electron chi connectivity index (χ3n) is 5.30. The number of rotatable bonds is 4. The summed E-state index contributed by atoms with van der Waals surface area (Å²) >= 11 is 0. The quantitative estimate of drug-likeness (QED) is 0.504. The highest BCUT2D eigenvalue weighted by Gasteiger charge is 2.57. The molecule has 0 aliphatic carbocycles. The lowest BCUT2D eigenvalue weighted by Crippen LogP contribution is -2.47. The molecule has 148 valence electrons. The van der Waals surface area contributed by atoms with Crippen LogP contribution in [0.3, 0.4) is 0 Å². The van der Waals surface area contributed by atoms with Gasteiger partial charge in [0.15, 0.2) is 11.5 Å². The standard InChI is InChI=1S/C19H23N5O4/c1-10(2)11-5-3-4-6-12(11)19(16(27)15(26)13(7-25)28-19)24-9-23-14-17(20)21-8-22-18(14)24/h3-6,8-10,13,15-16,25-27H,7H2,1-2H3,(H2,20,21,22)/t13-,15-,16-,19-/m1/s1. The summed E-state index contributed by atoms with van der Waals surface area (Å²) in [4.78, 5) is 12.5. The first-order valence-corrected chi connectivity index (χ1v) is 9.10. The molecule has 0 amide bonds. The van der Waals surface area contributed by atoms with Crippen LogP contribution in [0.1, 0.15) is 30.9 Å². The Hall–Kier alpha value is -2.59. The predicted octanol–water partition coefficient (Wildman–Crippen LogP) is 0.346. The van der Waals surface area contributed by atoms with E-state index in [1.54, 1.807) is 4.57 Å². The Labute approximate surface area is 161 Å². The number of fused-ring (bicyclic) bond motifs is 1.